The first kappa shape index (κ1) is 15.4. The number of amides is 1. The zero-order valence-corrected chi connectivity index (χ0v) is 14.2. The number of para-hydroxylation sites is 1. The fourth-order valence-corrected chi connectivity index (χ4v) is 4.36. The minimum Gasteiger partial charge on any atom is -0.451 e. The number of aryl methyl sites for hydroxylation is 1. The molecule has 0 saturated heterocycles. The highest BCUT2D eigenvalue weighted by atomic mass is 16.3. The number of benzene rings is 1. The van der Waals surface area contributed by atoms with Crippen molar-refractivity contribution in [3.8, 4) is 0 Å². The van der Waals surface area contributed by atoms with Crippen LogP contribution in [0, 0.1) is 18.8 Å². The Morgan fingerprint density at radius 1 is 1.17 bits per heavy atom. The number of rotatable bonds is 2. The second-order valence-corrected chi connectivity index (χ2v) is 7.22. The maximum atomic E-state index is 12.4. The van der Waals surface area contributed by atoms with Crippen molar-refractivity contribution in [2.24, 2.45) is 16.9 Å². The van der Waals surface area contributed by atoms with Crippen LogP contribution in [0.25, 0.3) is 11.0 Å². The van der Waals surface area contributed by atoms with E-state index in [9.17, 15) is 4.79 Å². The number of hydrogen-bond acceptors (Lipinski definition) is 3. The quantitative estimate of drug-likeness (QED) is 0.805. The van der Waals surface area contributed by atoms with Gasteiger partial charge < -0.3 is 4.42 Å². The maximum absolute atomic E-state index is 12.4. The molecule has 2 fully saturated rings. The number of carbonyl (C=O) groups is 1. The Kier molecular flexibility index (Phi) is 4.13. The molecule has 0 radical (unpaired) electrons. The number of hydrazone groups is 1. The predicted molar refractivity (Wildman–Crippen MR) is 95.2 cm³/mol. The van der Waals surface area contributed by atoms with Crippen molar-refractivity contribution in [1.82, 2.24) is 5.43 Å². The summed E-state index contributed by atoms with van der Waals surface area (Å²) in [5.41, 5.74) is 5.48. The topological polar surface area (TPSA) is 54.6 Å². The molecule has 2 saturated carbocycles. The molecule has 4 heteroatoms. The summed E-state index contributed by atoms with van der Waals surface area (Å²) in [6.07, 6.45) is 8.71. The first-order chi connectivity index (χ1) is 11.7. The largest absolute Gasteiger partial charge is 0.451 e. The molecule has 0 unspecified atom stereocenters. The second-order valence-electron chi connectivity index (χ2n) is 7.22. The maximum Gasteiger partial charge on any atom is 0.307 e. The van der Waals surface area contributed by atoms with Crippen molar-refractivity contribution in [3.05, 3.63) is 35.6 Å². The zero-order valence-electron chi connectivity index (χ0n) is 14.2. The van der Waals surface area contributed by atoms with Gasteiger partial charge in [-0.05, 0) is 50.5 Å². The van der Waals surface area contributed by atoms with Crippen molar-refractivity contribution in [2.45, 2.75) is 51.9 Å². The van der Waals surface area contributed by atoms with Gasteiger partial charge >= 0.3 is 5.91 Å². The van der Waals surface area contributed by atoms with Crippen LogP contribution in [0.15, 0.2) is 33.8 Å². The second kappa shape index (κ2) is 6.42. The fraction of sp³-hybridized carbons (Fsp3) is 0.500. The van der Waals surface area contributed by atoms with E-state index in [1.807, 2.05) is 31.2 Å². The van der Waals surface area contributed by atoms with Crippen LogP contribution in [0.3, 0.4) is 0 Å². The monoisotopic (exact) mass is 324 g/mol. The average Bonchev–Trinajstić information content (AvgIpc) is 2.97. The summed E-state index contributed by atoms with van der Waals surface area (Å²) in [6, 6.07) is 7.72. The van der Waals surface area contributed by atoms with Gasteiger partial charge in [-0.25, -0.2) is 5.43 Å². The van der Waals surface area contributed by atoms with E-state index in [4.69, 9.17) is 4.42 Å². The van der Waals surface area contributed by atoms with Gasteiger partial charge in [0.2, 0.25) is 0 Å². The van der Waals surface area contributed by atoms with Crippen LogP contribution >= 0.6 is 0 Å². The number of fused-ring (bicyclic) bond motifs is 2. The highest BCUT2D eigenvalue weighted by Gasteiger charge is 2.30. The molecule has 24 heavy (non-hydrogen) atoms. The van der Waals surface area contributed by atoms with Crippen LogP contribution in [0.5, 0.6) is 0 Å². The minimum atomic E-state index is -0.248. The molecule has 1 aromatic heterocycles. The molecular weight excluding hydrogens is 300 g/mol. The number of nitrogens with zero attached hydrogens (tertiary/aromatic N) is 1. The molecule has 2 atom stereocenters. The molecule has 1 aromatic carbocycles. The van der Waals surface area contributed by atoms with Gasteiger partial charge in [0.1, 0.15) is 5.58 Å². The average molecular weight is 324 g/mol. The third-order valence-electron chi connectivity index (χ3n) is 5.73. The van der Waals surface area contributed by atoms with Crippen LogP contribution in [0.4, 0.5) is 0 Å². The normalized spacial score (nSPS) is 25.6. The summed E-state index contributed by atoms with van der Waals surface area (Å²) in [4.78, 5) is 12.4. The van der Waals surface area contributed by atoms with E-state index in [1.165, 1.54) is 32.1 Å². The number of hydrogen-bond donors (Lipinski definition) is 1. The first-order valence-electron chi connectivity index (χ1n) is 9.06. The van der Waals surface area contributed by atoms with E-state index in [2.05, 4.69) is 10.5 Å². The third-order valence-corrected chi connectivity index (χ3v) is 5.73. The smallest absolute Gasteiger partial charge is 0.307 e. The molecule has 4 nitrogen and oxygen atoms in total. The van der Waals surface area contributed by atoms with Gasteiger partial charge in [-0.2, -0.15) is 5.10 Å². The van der Waals surface area contributed by atoms with Gasteiger partial charge in [-0.3, -0.25) is 4.79 Å². The Morgan fingerprint density at radius 2 is 1.96 bits per heavy atom. The molecule has 0 spiro atoms. The van der Waals surface area contributed by atoms with E-state index in [1.54, 1.807) is 0 Å². The standard InChI is InChI=1S/C20H24N2O2/c1-13-17-8-4-5-9-18(17)24-19(13)20(23)22-21-16-11-10-14-6-2-3-7-15(14)12-16/h4-5,8-9,14-15H,2-3,6-7,10-12H2,1H3,(H,22,23)/b21-16+/t14-,15+/m1/s1. The fourth-order valence-electron chi connectivity index (χ4n) is 4.36. The Balaban J connectivity index is 1.46. The van der Waals surface area contributed by atoms with Gasteiger partial charge in [0.15, 0.2) is 5.76 Å². The molecule has 1 amide bonds. The van der Waals surface area contributed by atoms with Crippen molar-refractivity contribution in [1.29, 1.82) is 0 Å². The molecule has 1 heterocycles. The van der Waals surface area contributed by atoms with E-state index in [0.29, 0.717) is 5.76 Å². The lowest BCUT2D eigenvalue weighted by molar-refractivity contribution is 0.0927. The summed E-state index contributed by atoms with van der Waals surface area (Å²) < 4.78 is 5.71. The van der Waals surface area contributed by atoms with Crippen LogP contribution in [-0.4, -0.2) is 11.6 Å². The number of furan rings is 1. The van der Waals surface area contributed by atoms with Crippen LogP contribution in [0.1, 0.15) is 61.1 Å². The molecule has 126 valence electrons. The SMILES string of the molecule is Cc1c(C(=O)N/N=C2\CC[C@H]3CCCC[C@H]3C2)oc2ccccc12. The highest BCUT2D eigenvalue weighted by Crippen LogP contribution is 2.39. The van der Waals surface area contributed by atoms with Crippen molar-refractivity contribution in [2.75, 3.05) is 0 Å². The lowest BCUT2D eigenvalue weighted by atomic mass is 9.70. The van der Waals surface area contributed by atoms with Gasteiger partial charge in [0, 0.05) is 16.7 Å². The summed E-state index contributed by atoms with van der Waals surface area (Å²) in [7, 11) is 0. The summed E-state index contributed by atoms with van der Waals surface area (Å²) >= 11 is 0. The van der Waals surface area contributed by atoms with Gasteiger partial charge in [0.05, 0.1) is 0 Å². The van der Waals surface area contributed by atoms with Crippen LogP contribution < -0.4 is 5.43 Å². The predicted octanol–water partition coefficient (Wildman–Crippen LogP) is 4.82. The molecule has 0 aliphatic heterocycles. The van der Waals surface area contributed by atoms with E-state index in [-0.39, 0.29) is 5.91 Å². The first-order valence-corrected chi connectivity index (χ1v) is 9.06. The van der Waals surface area contributed by atoms with Gasteiger partial charge in [-0.1, -0.05) is 37.5 Å². The Hall–Kier alpha value is -2.10. The summed E-state index contributed by atoms with van der Waals surface area (Å²) in [5.74, 6) is 1.77. The molecule has 2 aromatic rings. The lowest BCUT2D eigenvalue weighted by Gasteiger charge is -2.35. The summed E-state index contributed by atoms with van der Waals surface area (Å²) in [5, 5.41) is 5.40. The van der Waals surface area contributed by atoms with Gasteiger partial charge in [-0.15, -0.1) is 0 Å². The molecular formula is C20H24N2O2. The van der Waals surface area contributed by atoms with E-state index < -0.39 is 0 Å². The van der Waals surface area contributed by atoms with Crippen molar-refractivity contribution in [3.63, 3.8) is 0 Å². The number of nitrogens with one attached hydrogen (secondary N) is 1. The van der Waals surface area contributed by atoms with Crippen LogP contribution in [0.2, 0.25) is 0 Å². The molecule has 2 aliphatic rings. The van der Waals surface area contributed by atoms with Crippen molar-refractivity contribution < 1.29 is 9.21 Å². The van der Waals surface area contributed by atoms with E-state index >= 15 is 0 Å². The zero-order chi connectivity index (χ0) is 16.5. The van der Waals surface area contributed by atoms with Crippen molar-refractivity contribution >= 4 is 22.6 Å². The summed E-state index contributed by atoms with van der Waals surface area (Å²) in [6.45, 7) is 1.92. The lowest BCUT2D eigenvalue weighted by Crippen LogP contribution is -2.29. The molecule has 2 aliphatic carbocycles. The Morgan fingerprint density at radius 3 is 2.79 bits per heavy atom. The number of carbonyl (C=O) groups excluding carboxylic acids is 1. The molecule has 1 N–H and O–H groups in total. The van der Waals surface area contributed by atoms with E-state index in [0.717, 1.165) is 46.9 Å². The molecule has 0 bridgehead atoms. The Labute approximate surface area is 142 Å². The minimum absolute atomic E-state index is 0.248. The highest BCUT2D eigenvalue weighted by molar-refractivity contribution is 5.99. The van der Waals surface area contributed by atoms with Gasteiger partial charge in [0.25, 0.3) is 0 Å². The third kappa shape index (κ3) is 2.85. The Bertz CT molecular complexity index is 790. The van der Waals surface area contributed by atoms with Crippen LogP contribution in [-0.2, 0) is 0 Å². The molecule has 4 rings (SSSR count).